The van der Waals surface area contributed by atoms with E-state index in [0.29, 0.717) is 11.3 Å². The number of phenols is 1. The number of rotatable bonds is 6. The number of carbonyl (C=O) groups is 4. The van der Waals surface area contributed by atoms with Crippen LogP contribution in [-0.2, 0) is 16.0 Å². The van der Waals surface area contributed by atoms with E-state index in [-0.39, 0.29) is 47.5 Å². The summed E-state index contributed by atoms with van der Waals surface area (Å²) in [7, 11) is 7.09. The van der Waals surface area contributed by atoms with Crippen molar-refractivity contribution in [1.82, 2.24) is 10.2 Å². The largest absolute Gasteiger partial charge is 0.511 e. The van der Waals surface area contributed by atoms with E-state index in [1.54, 1.807) is 51.3 Å². The van der Waals surface area contributed by atoms with Crippen LogP contribution in [0, 0.1) is 28.6 Å². The first-order valence-corrected chi connectivity index (χ1v) is 14.8. The number of aliphatic hydroxyl groups excluding tert-OH is 2. The number of Topliss-reactive ketones (excluding diaryl/α,β-unsaturated/α-hetero) is 1. The minimum Gasteiger partial charge on any atom is -0.511 e. The van der Waals surface area contributed by atoms with Gasteiger partial charge < -0.3 is 41.6 Å². The Kier molecular flexibility index (Phi) is 8.16. The molecular weight excluding hydrogens is 592 g/mol. The average molecular weight is 631 g/mol. The van der Waals surface area contributed by atoms with Gasteiger partial charge in [0, 0.05) is 43.4 Å². The number of hydrogen-bond acceptors (Lipinski definition) is 10. The molecule has 3 aliphatic carbocycles. The van der Waals surface area contributed by atoms with Crippen LogP contribution in [0.15, 0.2) is 53.3 Å². The van der Waals surface area contributed by atoms with E-state index >= 15 is 0 Å². The van der Waals surface area contributed by atoms with Crippen molar-refractivity contribution in [3.8, 4) is 5.75 Å². The van der Waals surface area contributed by atoms with Crippen LogP contribution in [0.4, 0.5) is 16.2 Å². The number of nitrogens with zero attached hydrogens (tertiary/aromatic N) is 2. The predicted molar refractivity (Wildman–Crippen MR) is 172 cm³/mol. The van der Waals surface area contributed by atoms with Gasteiger partial charge in [-0.2, -0.15) is 0 Å². The fraction of sp³-hybridized carbons (Fsp3) is 0.364. The van der Waals surface area contributed by atoms with Crippen molar-refractivity contribution < 1.29 is 34.5 Å². The van der Waals surface area contributed by atoms with Crippen LogP contribution in [0.5, 0.6) is 5.75 Å². The molecule has 46 heavy (non-hydrogen) atoms. The molecule has 242 valence electrons. The maximum absolute atomic E-state index is 14.5. The molecule has 0 aliphatic heterocycles. The van der Waals surface area contributed by atoms with Crippen molar-refractivity contribution >= 4 is 46.5 Å². The third-order valence-electron chi connectivity index (χ3n) is 9.39. The first kappa shape index (κ1) is 32.2. The summed E-state index contributed by atoms with van der Waals surface area (Å²) in [5.41, 5.74) is 4.31. The Morgan fingerprint density at radius 2 is 1.74 bits per heavy atom. The molecule has 0 saturated heterocycles. The number of anilines is 2. The molecule has 0 heterocycles. The van der Waals surface area contributed by atoms with Gasteiger partial charge in [0.25, 0.3) is 11.8 Å². The third-order valence-corrected chi connectivity index (χ3v) is 9.39. The van der Waals surface area contributed by atoms with Gasteiger partial charge in [-0.05, 0) is 69.5 Å². The highest BCUT2D eigenvalue weighted by Gasteiger charge is 2.60. The number of carbonyl (C=O) groups excluding carboxylic acids is 4. The third kappa shape index (κ3) is 5.06. The van der Waals surface area contributed by atoms with Crippen LogP contribution in [0.25, 0.3) is 5.76 Å². The summed E-state index contributed by atoms with van der Waals surface area (Å²) < 4.78 is 0. The van der Waals surface area contributed by atoms with Gasteiger partial charge in [0.15, 0.2) is 11.5 Å². The van der Waals surface area contributed by atoms with Crippen LogP contribution >= 0.6 is 0 Å². The van der Waals surface area contributed by atoms with E-state index in [1.165, 1.54) is 25.1 Å². The molecule has 4 atom stereocenters. The van der Waals surface area contributed by atoms with Gasteiger partial charge >= 0.3 is 6.03 Å². The van der Waals surface area contributed by atoms with Gasteiger partial charge in [0.2, 0.25) is 0 Å². The van der Waals surface area contributed by atoms with E-state index < -0.39 is 69.6 Å². The van der Waals surface area contributed by atoms with Crippen LogP contribution in [-0.4, -0.2) is 84.3 Å². The van der Waals surface area contributed by atoms with Crippen molar-refractivity contribution in [3.63, 3.8) is 0 Å². The van der Waals surface area contributed by atoms with Crippen molar-refractivity contribution in [2.75, 3.05) is 45.0 Å². The Morgan fingerprint density at radius 1 is 1.09 bits per heavy atom. The van der Waals surface area contributed by atoms with Crippen molar-refractivity contribution in [3.05, 3.63) is 70.0 Å². The predicted octanol–water partition coefficient (Wildman–Crippen LogP) is 2.97. The number of phenolic OH excluding ortho intramolecular Hbond substituents is 1. The lowest BCUT2D eigenvalue weighted by Gasteiger charge is -2.51. The highest BCUT2D eigenvalue weighted by atomic mass is 16.3. The molecule has 1 fully saturated rings. The summed E-state index contributed by atoms with van der Waals surface area (Å²) in [5.74, 6) is -5.44. The van der Waals surface area contributed by atoms with E-state index in [1.807, 2.05) is 4.90 Å². The summed E-state index contributed by atoms with van der Waals surface area (Å²) in [5, 5.41) is 48.0. The summed E-state index contributed by atoms with van der Waals surface area (Å²) in [6.45, 7) is 1.81. The maximum Gasteiger partial charge on any atom is 0.326 e. The maximum atomic E-state index is 14.5. The number of imide groups is 1. The quantitative estimate of drug-likeness (QED) is 0.234. The molecule has 13 heteroatoms. The topological polar surface area (TPSA) is 209 Å². The molecule has 0 bridgehead atoms. The Bertz CT molecular complexity index is 1750. The van der Waals surface area contributed by atoms with E-state index in [9.17, 15) is 34.5 Å². The second-order valence-corrected chi connectivity index (χ2v) is 12.7. The number of allylic oxidation sites excluding steroid dienone is 1. The van der Waals surface area contributed by atoms with Crippen molar-refractivity contribution in [2.24, 2.45) is 28.9 Å². The lowest BCUT2D eigenvalue weighted by Crippen LogP contribution is -2.58. The van der Waals surface area contributed by atoms with E-state index in [4.69, 9.17) is 11.1 Å². The fourth-order valence-electron chi connectivity index (χ4n) is 7.22. The number of amides is 4. The Labute approximate surface area is 265 Å². The first-order valence-electron chi connectivity index (χ1n) is 14.8. The van der Waals surface area contributed by atoms with Gasteiger partial charge in [-0.1, -0.05) is 18.2 Å². The van der Waals surface area contributed by atoms with Crippen LogP contribution in [0.3, 0.4) is 0 Å². The number of benzene rings is 2. The number of hydrogen-bond donors (Lipinski definition) is 7. The van der Waals surface area contributed by atoms with Crippen LogP contribution < -0.4 is 21.3 Å². The molecule has 4 amide bonds. The molecular formula is C33H38N6O7. The molecule has 3 aliphatic rings. The molecule has 2 aromatic rings. The summed E-state index contributed by atoms with van der Waals surface area (Å²) in [6, 6.07) is 8.69. The lowest BCUT2D eigenvalue weighted by molar-refractivity contribution is -0.128. The second kappa shape index (κ2) is 11.6. The number of fused-ring (bicyclic) bond motifs is 3. The molecule has 1 unspecified atom stereocenters. The molecule has 0 aromatic heterocycles. The number of nitrogens with one attached hydrogen (secondary N) is 3. The minimum atomic E-state index is -1.61. The zero-order valence-corrected chi connectivity index (χ0v) is 26.3. The molecule has 0 spiro atoms. The number of aromatic hydroxyl groups is 1. The molecule has 1 saturated carbocycles. The van der Waals surface area contributed by atoms with Gasteiger partial charge in [0.1, 0.15) is 11.5 Å². The SMILES string of the molecule is CN(C)C[C@@H]1C(O)=C(C(N)=O)C(=N)[C@@]2(C)C(=O)C3=C(O)c4c(O)c(NC(=O)NC(=O)c5ccccc5)cc(N(C)C)c4C[C@H]3CC12. The average Bonchev–Trinajstić information content (AvgIpc) is 2.98. The van der Waals surface area contributed by atoms with Gasteiger partial charge in [-0.25, -0.2) is 4.79 Å². The van der Waals surface area contributed by atoms with Gasteiger partial charge in [-0.15, -0.1) is 0 Å². The number of aliphatic hydroxyl groups is 2. The van der Waals surface area contributed by atoms with Crippen LogP contribution in [0.2, 0.25) is 0 Å². The standard InChI is InChI=1S/C33H38N6O7/c1-33-19(18(14-38(2)3)25(40)24(28(33)34)30(35)44)12-16-11-17-21(39(4)5)13-20(26(41)23(17)27(42)22(16)29(33)43)36-32(46)37-31(45)15-9-7-6-8-10-15/h6-10,13,16,18-19,34,40-42H,11-12,14H2,1-5H3,(H2,35,44)(H2,36,37,45,46)/t16-,18-,19?,33-/m0/s1. The van der Waals surface area contributed by atoms with Crippen molar-refractivity contribution in [1.29, 1.82) is 5.41 Å². The molecule has 2 aromatic carbocycles. The zero-order chi connectivity index (χ0) is 33.8. The summed E-state index contributed by atoms with van der Waals surface area (Å²) in [4.78, 5) is 55.8. The summed E-state index contributed by atoms with van der Waals surface area (Å²) >= 11 is 0. The Balaban J connectivity index is 1.59. The second-order valence-electron chi connectivity index (χ2n) is 12.7. The van der Waals surface area contributed by atoms with Crippen molar-refractivity contribution in [2.45, 2.75) is 19.8 Å². The van der Waals surface area contributed by atoms with Crippen LogP contribution in [0.1, 0.15) is 34.8 Å². The number of ketones is 1. The summed E-state index contributed by atoms with van der Waals surface area (Å²) in [6.07, 6.45) is 0.512. The zero-order valence-electron chi connectivity index (χ0n) is 26.3. The molecule has 5 rings (SSSR count). The monoisotopic (exact) mass is 630 g/mol. The molecule has 13 nitrogen and oxygen atoms in total. The van der Waals surface area contributed by atoms with Gasteiger partial charge in [0.05, 0.1) is 28.0 Å². The lowest BCUT2D eigenvalue weighted by atomic mass is 9.50. The normalized spacial score (nSPS) is 23.8. The highest BCUT2D eigenvalue weighted by molar-refractivity contribution is 6.31. The van der Waals surface area contributed by atoms with E-state index in [2.05, 4.69) is 10.6 Å². The Morgan fingerprint density at radius 3 is 2.33 bits per heavy atom. The molecule has 8 N–H and O–H groups in total. The van der Waals surface area contributed by atoms with E-state index in [0.717, 1.165) is 0 Å². The Hall–Kier alpha value is -5.17. The first-order chi connectivity index (χ1) is 21.6. The number of urea groups is 1. The highest BCUT2D eigenvalue weighted by Crippen LogP contribution is 2.57. The molecule has 0 radical (unpaired) electrons. The van der Waals surface area contributed by atoms with Gasteiger partial charge in [-0.3, -0.25) is 19.7 Å². The number of nitrogens with two attached hydrogens (primary N) is 1. The fourth-order valence-corrected chi connectivity index (χ4v) is 7.22. The number of primary amides is 1. The smallest absolute Gasteiger partial charge is 0.326 e. The minimum absolute atomic E-state index is 0.00863.